The van der Waals surface area contributed by atoms with Gasteiger partial charge in [0, 0.05) is 0 Å². The number of fused-ring (bicyclic) bond motifs is 1. The number of aromatic amines is 1. The molecule has 1 aromatic heterocycles. The Morgan fingerprint density at radius 2 is 2.36 bits per heavy atom. The largest absolute Gasteiger partial charge is 0.345 e. The molecule has 2 aromatic rings. The minimum Gasteiger partial charge on any atom is -0.345 e. The summed E-state index contributed by atoms with van der Waals surface area (Å²) in [5.74, 6) is 0. The van der Waals surface area contributed by atoms with Gasteiger partial charge in [-0.3, -0.25) is 0 Å². The van der Waals surface area contributed by atoms with Crippen molar-refractivity contribution in [3.63, 3.8) is 0 Å². The van der Waals surface area contributed by atoms with Gasteiger partial charge in [0.05, 0.1) is 17.4 Å². The first-order chi connectivity index (χ1) is 5.42. The molecule has 0 radical (unpaired) electrons. The van der Waals surface area contributed by atoms with E-state index in [-0.39, 0.29) is 0 Å². The van der Waals surface area contributed by atoms with E-state index in [0.29, 0.717) is 5.56 Å². The molecule has 0 atom stereocenters. The second-order valence-corrected chi connectivity index (χ2v) is 2.22. The Balaban J connectivity index is 2.92. The van der Waals surface area contributed by atoms with Crippen LogP contribution in [-0.4, -0.2) is 9.97 Å². The second-order valence-electron chi connectivity index (χ2n) is 2.22. The fourth-order valence-corrected chi connectivity index (χ4v) is 1.06. The third kappa shape index (κ3) is 0.767. The van der Waals surface area contributed by atoms with Gasteiger partial charge in [-0.2, -0.15) is 5.26 Å². The number of rotatable bonds is 0. The summed E-state index contributed by atoms with van der Waals surface area (Å²) >= 11 is 0. The Morgan fingerprint density at radius 3 is 3.18 bits per heavy atom. The minimum absolute atomic E-state index is 0.615. The molecule has 0 fully saturated rings. The van der Waals surface area contributed by atoms with Crippen LogP contribution in [0.2, 0.25) is 0 Å². The lowest BCUT2D eigenvalue weighted by Gasteiger charge is -1.88. The zero-order chi connectivity index (χ0) is 7.68. The Bertz CT molecular complexity index is 422. The first-order valence-corrected chi connectivity index (χ1v) is 3.24. The van der Waals surface area contributed by atoms with Gasteiger partial charge in [-0.25, -0.2) is 4.98 Å². The lowest BCUT2D eigenvalue weighted by Crippen LogP contribution is -1.75. The van der Waals surface area contributed by atoms with Crippen molar-refractivity contribution in [1.82, 2.24) is 9.97 Å². The molecule has 0 saturated carbocycles. The van der Waals surface area contributed by atoms with Gasteiger partial charge in [-0.15, -0.1) is 0 Å². The highest BCUT2D eigenvalue weighted by Gasteiger charge is 1.99. The number of para-hydroxylation sites is 1. The minimum atomic E-state index is 0.615. The third-order valence-corrected chi connectivity index (χ3v) is 1.57. The van der Waals surface area contributed by atoms with Crippen LogP contribution in [0.15, 0.2) is 24.5 Å². The Labute approximate surface area is 63.3 Å². The molecule has 0 spiro atoms. The van der Waals surface area contributed by atoms with Gasteiger partial charge >= 0.3 is 0 Å². The van der Waals surface area contributed by atoms with Crippen molar-refractivity contribution < 1.29 is 0 Å². The molecule has 0 aliphatic rings. The van der Waals surface area contributed by atoms with Crippen LogP contribution in [0, 0.1) is 11.3 Å². The summed E-state index contributed by atoms with van der Waals surface area (Å²) in [5.41, 5.74) is 2.27. The normalized spacial score (nSPS) is 9.73. The number of H-pyrrole nitrogens is 1. The summed E-state index contributed by atoms with van der Waals surface area (Å²) < 4.78 is 0. The van der Waals surface area contributed by atoms with Crippen molar-refractivity contribution >= 4 is 11.0 Å². The van der Waals surface area contributed by atoms with Crippen LogP contribution in [-0.2, 0) is 0 Å². The summed E-state index contributed by atoms with van der Waals surface area (Å²) in [6.45, 7) is 0. The fourth-order valence-electron chi connectivity index (χ4n) is 1.06. The van der Waals surface area contributed by atoms with E-state index in [4.69, 9.17) is 5.26 Å². The van der Waals surface area contributed by atoms with Crippen molar-refractivity contribution in [1.29, 1.82) is 5.26 Å². The summed E-state index contributed by atoms with van der Waals surface area (Å²) in [7, 11) is 0. The smallest absolute Gasteiger partial charge is 0.106 e. The van der Waals surface area contributed by atoms with Crippen molar-refractivity contribution in [3.05, 3.63) is 30.1 Å². The summed E-state index contributed by atoms with van der Waals surface area (Å²) in [4.78, 5) is 6.94. The molecule has 0 aliphatic carbocycles. The molecule has 0 saturated heterocycles. The monoisotopic (exact) mass is 143 g/mol. The summed E-state index contributed by atoms with van der Waals surface area (Å²) in [5, 5.41) is 8.65. The van der Waals surface area contributed by atoms with Gasteiger partial charge in [-0.1, -0.05) is 6.07 Å². The number of nitrogens with zero attached hydrogens (tertiary/aromatic N) is 2. The van der Waals surface area contributed by atoms with Gasteiger partial charge in [-0.05, 0) is 12.1 Å². The predicted molar refractivity (Wildman–Crippen MR) is 40.8 cm³/mol. The first kappa shape index (κ1) is 5.93. The molecular weight excluding hydrogens is 138 g/mol. The molecule has 0 bridgehead atoms. The van der Waals surface area contributed by atoms with Crippen LogP contribution in [0.3, 0.4) is 0 Å². The number of nitrogens with one attached hydrogen (secondary N) is 1. The number of hydrogen-bond acceptors (Lipinski definition) is 2. The molecule has 0 unspecified atom stereocenters. The van der Waals surface area contributed by atoms with Crippen LogP contribution in [0.5, 0.6) is 0 Å². The van der Waals surface area contributed by atoms with Gasteiger partial charge in [0.1, 0.15) is 11.6 Å². The van der Waals surface area contributed by atoms with Crippen LogP contribution < -0.4 is 0 Å². The number of benzene rings is 1. The second kappa shape index (κ2) is 2.10. The Morgan fingerprint density at radius 1 is 1.45 bits per heavy atom. The highest BCUT2D eigenvalue weighted by molar-refractivity contribution is 5.80. The highest BCUT2D eigenvalue weighted by Crippen LogP contribution is 2.12. The maximum Gasteiger partial charge on any atom is 0.106 e. The van der Waals surface area contributed by atoms with E-state index in [1.807, 2.05) is 12.1 Å². The van der Waals surface area contributed by atoms with Crippen LogP contribution >= 0.6 is 0 Å². The van der Waals surface area contributed by atoms with Crippen LogP contribution in [0.4, 0.5) is 0 Å². The zero-order valence-corrected chi connectivity index (χ0v) is 5.70. The number of hydrogen-bond donors (Lipinski definition) is 1. The SMILES string of the molecule is N#Cc1cccc2[nH]cnc12. The van der Waals surface area contributed by atoms with Crippen molar-refractivity contribution in [2.75, 3.05) is 0 Å². The predicted octanol–water partition coefficient (Wildman–Crippen LogP) is 1.43. The molecule has 3 heteroatoms. The maximum atomic E-state index is 8.65. The molecule has 1 N–H and O–H groups in total. The topological polar surface area (TPSA) is 52.5 Å². The molecule has 1 aromatic carbocycles. The number of imidazole rings is 1. The van der Waals surface area contributed by atoms with Gasteiger partial charge in [0.2, 0.25) is 0 Å². The number of nitriles is 1. The van der Waals surface area contributed by atoms with Crippen LogP contribution in [0.1, 0.15) is 5.56 Å². The van der Waals surface area contributed by atoms with Crippen LogP contribution in [0.25, 0.3) is 11.0 Å². The maximum absolute atomic E-state index is 8.65. The third-order valence-electron chi connectivity index (χ3n) is 1.57. The summed E-state index contributed by atoms with van der Waals surface area (Å²) in [6.07, 6.45) is 1.59. The standard InChI is InChI=1S/C8H5N3/c9-4-6-2-1-3-7-8(6)11-5-10-7/h1-3,5H,(H,10,11). The first-order valence-electron chi connectivity index (χ1n) is 3.24. The van der Waals surface area contributed by atoms with E-state index in [2.05, 4.69) is 16.0 Å². The zero-order valence-electron chi connectivity index (χ0n) is 5.70. The molecule has 52 valence electrons. The molecule has 1 heterocycles. The summed E-state index contributed by atoms with van der Waals surface area (Å²) in [6, 6.07) is 7.55. The lowest BCUT2D eigenvalue weighted by molar-refractivity contribution is 1.34. The van der Waals surface area contributed by atoms with E-state index in [1.54, 1.807) is 12.4 Å². The highest BCUT2D eigenvalue weighted by atomic mass is 14.9. The average Bonchev–Trinajstić information content (AvgIpc) is 2.50. The van der Waals surface area contributed by atoms with Crippen molar-refractivity contribution in [2.45, 2.75) is 0 Å². The lowest BCUT2D eigenvalue weighted by atomic mass is 10.2. The average molecular weight is 143 g/mol. The Kier molecular flexibility index (Phi) is 1.13. The van der Waals surface area contributed by atoms with Gasteiger partial charge < -0.3 is 4.98 Å². The van der Waals surface area contributed by atoms with E-state index < -0.39 is 0 Å². The molecule has 0 aliphatic heterocycles. The number of aromatic nitrogens is 2. The van der Waals surface area contributed by atoms with Gasteiger partial charge in [0.25, 0.3) is 0 Å². The molecule has 2 rings (SSSR count). The fraction of sp³-hybridized carbons (Fsp3) is 0. The quantitative estimate of drug-likeness (QED) is 0.606. The molecule has 11 heavy (non-hydrogen) atoms. The van der Waals surface area contributed by atoms with E-state index in [9.17, 15) is 0 Å². The molecular formula is C8H5N3. The van der Waals surface area contributed by atoms with E-state index in [0.717, 1.165) is 11.0 Å². The van der Waals surface area contributed by atoms with Crippen molar-refractivity contribution in [2.24, 2.45) is 0 Å². The Hall–Kier alpha value is -1.82. The van der Waals surface area contributed by atoms with Crippen molar-refractivity contribution in [3.8, 4) is 6.07 Å². The van der Waals surface area contributed by atoms with E-state index >= 15 is 0 Å². The molecule has 0 amide bonds. The van der Waals surface area contributed by atoms with Gasteiger partial charge in [0.15, 0.2) is 0 Å². The molecule has 3 nitrogen and oxygen atoms in total. The van der Waals surface area contributed by atoms with E-state index in [1.165, 1.54) is 0 Å².